The second kappa shape index (κ2) is 9.95. The highest BCUT2D eigenvalue weighted by Crippen LogP contribution is 2.34. The summed E-state index contributed by atoms with van der Waals surface area (Å²) in [5.41, 5.74) is 4.87. The Labute approximate surface area is 200 Å². The Kier molecular flexibility index (Phi) is 6.61. The summed E-state index contributed by atoms with van der Waals surface area (Å²) in [7, 11) is 0. The Hall–Kier alpha value is -3.22. The molecule has 1 saturated heterocycles. The third kappa shape index (κ3) is 4.83. The van der Waals surface area contributed by atoms with Crippen LogP contribution in [-0.4, -0.2) is 46.5 Å². The smallest absolute Gasteiger partial charge is 0.326 e. The van der Waals surface area contributed by atoms with Gasteiger partial charge < -0.3 is 20.1 Å². The molecule has 2 aliphatic rings. The van der Waals surface area contributed by atoms with E-state index in [4.69, 9.17) is 0 Å². The van der Waals surface area contributed by atoms with Crippen LogP contribution in [0.5, 0.6) is 0 Å². The standard InChI is InChI=1S/C27H35N5O2/c1-20(33)30-13-8-14-31(16-15-30)25-18-26-24(17-23(25)28-22-11-6-3-7-12-22)29-27(34)32(26)19-21-9-4-2-5-10-21/h3,6-7,11-12,17-18,21,28H,2,4-5,8-10,13-16,19H2,1H3,(H,29,34). The van der Waals surface area contributed by atoms with Crippen LogP contribution < -0.4 is 15.9 Å². The molecule has 7 nitrogen and oxygen atoms in total. The summed E-state index contributed by atoms with van der Waals surface area (Å²) in [6.07, 6.45) is 7.16. The zero-order valence-electron chi connectivity index (χ0n) is 20.1. The number of carbonyl (C=O) groups excluding carboxylic acids is 1. The summed E-state index contributed by atoms with van der Waals surface area (Å²) < 4.78 is 1.95. The summed E-state index contributed by atoms with van der Waals surface area (Å²) in [5, 5.41) is 3.57. The number of anilines is 3. The molecule has 1 aliphatic heterocycles. The monoisotopic (exact) mass is 461 g/mol. The van der Waals surface area contributed by atoms with Crippen molar-refractivity contribution >= 4 is 34.0 Å². The molecule has 2 fully saturated rings. The van der Waals surface area contributed by atoms with Gasteiger partial charge in [0.05, 0.1) is 22.4 Å². The van der Waals surface area contributed by atoms with Crippen LogP contribution in [0.3, 0.4) is 0 Å². The van der Waals surface area contributed by atoms with Gasteiger partial charge in [-0.05, 0) is 49.4 Å². The van der Waals surface area contributed by atoms with E-state index in [-0.39, 0.29) is 11.6 Å². The maximum Gasteiger partial charge on any atom is 0.326 e. The summed E-state index contributed by atoms with van der Waals surface area (Å²) in [6.45, 7) is 5.56. The van der Waals surface area contributed by atoms with Crippen molar-refractivity contribution in [3.05, 3.63) is 52.9 Å². The molecule has 7 heteroatoms. The van der Waals surface area contributed by atoms with Gasteiger partial charge in [-0.2, -0.15) is 0 Å². The number of imidazole rings is 1. The molecule has 0 bridgehead atoms. The van der Waals surface area contributed by atoms with E-state index >= 15 is 0 Å². The number of nitrogens with zero attached hydrogens (tertiary/aromatic N) is 3. The lowest BCUT2D eigenvalue weighted by atomic mass is 9.89. The van der Waals surface area contributed by atoms with E-state index in [2.05, 4.69) is 27.3 Å². The number of hydrogen-bond donors (Lipinski definition) is 2. The molecular formula is C27H35N5O2. The zero-order valence-corrected chi connectivity index (χ0v) is 20.1. The first-order chi connectivity index (χ1) is 16.6. The van der Waals surface area contributed by atoms with Crippen LogP contribution in [0.25, 0.3) is 11.0 Å². The van der Waals surface area contributed by atoms with Gasteiger partial charge in [0.2, 0.25) is 5.91 Å². The van der Waals surface area contributed by atoms with E-state index in [9.17, 15) is 9.59 Å². The number of benzene rings is 2. The fourth-order valence-corrected chi connectivity index (χ4v) is 5.51. The van der Waals surface area contributed by atoms with Crippen molar-refractivity contribution in [2.45, 2.75) is 52.0 Å². The molecule has 3 aromatic rings. The van der Waals surface area contributed by atoms with Gasteiger partial charge in [-0.15, -0.1) is 0 Å². The minimum atomic E-state index is -0.0259. The number of rotatable bonds is 5. The number of hydrogen-bond acceptors (Lipinski definition) is 4. The van der Waals surface area contributed by atoms with E-state index in [0.717, 1.165) is 60.7 Å². The van der Waals surface area contributed by atoms with Crippen molar-refractivity contribution in [1.82, 2.24) is 14.5 Å². The summed E-state index contributed by atoms with van der Waals surface area (Å²) in [5.74, 6) is 0.699. The highest BCUT2D eigenvalue weighted by molar-refractivity contribution is 5.90. The lowest BCUT2D eigenvalue weighted by Gasteiger charge is -2.27. The van der Waals surface area contributed by atoms with Gasteiger partial charge in [-0.25, -0.2) is 4.79 Å². The van der Waals surface area contributed by atoms with Crippen LogP contribution in [0.2, 0.25) is 0 Å². The summed E-state index contributed by atoms with van der Waals surface area (Å²) in [6, 6.07) is 14.4. The van der Waals surface area contributed by atoms with Crippen molar-refractivity contribution in [2.75, 3.05) is 36.4 Å². The van der Waals surface area contributed by atoms with Gasteiger partial charge in [-0.1, -0.05) is 37.5 Å². The topological polar surface area (TPSA) is 73.4 Å². The highest BCUT2D eigenvalue weighted by atomic mass is 16.2. The highest BCUT2D eigenvalue weighted by Gasteiger charge is 2.22. The molecule has 0 spiro atoms. The molecule has 2 N–H and O–H groups in total. The number of aromatic amines is 1. The molecule has 0 radical (unpaired) electrons. The molecule has 180 valence electrons. The molecule has 2 aromatic carbocycles. The van der Waals surface area contributed by atoms with E-state index in [0.29, 0.717) is 12.5 Å². The number of H-pyrrole nitrogens is 1. The predicted octanol–water partition coefficient (Wildman–Crippen LogP) is 4.71. The van der Waals surface area contributed by atoms with Crippen LogP contribution >= 0.6 is 0 Å². The third-order valence-electron chi connectivity index (χ3n) is 7.39. The molecule has 2 heterocycles. The number of carbonyl (C=O) groups is 1. The molecule has 0 unspecified atom stereocenters. The summed E-state index contributed by atoms with van der Waals surface area (Å²) in [4.78, 5) is 32.3. The molecule has 1 aliphatic carbocycles. The lowest BCUT2D eigenvalue weighted by molar-refractivity contribution is -0.128. The van der Waals surface area contributed by atoms with Gasteiger partial charge in [-0.3, -0.25) is 9.36 Å². The molecule has 1 amide bonds. The quantitative estimate of drug-likeness (QED) is 0.577. The number of fused-ring (bicyclic) bond motifs is 1. The van der Waals surface area contributed by atoms with E-state index in [1.54, 1.807) is 6.92 Å². The average molecular weight is 462 g/mol. The maximum absolute atomic E-state index is 13.0. The second-order valence-electron chi connectivity index (χ2n) is 9.77. The number of para-hydroxylation sites is 1. The first-order valence-electron chi connectivity index (χ1n) is 12.7. The Balaban J connectivity index is 1.53. The van der Waals surface area contributed by atoms with Gasteiger partial charge in [0.1, 0.15) is 0 Å². The molecule has 1 aromatic heterocycles. The minimum Gasteiger partial charge on any atom is -0.368 e. The first kappa shape index (κ1) is 22.6. The Bertz CT molecular complexity index is 1190. The molecule has 1 saturated carbocycles. The van der Waals surface area contributed by atoms with Crippen molar-refractivity contribution in [3.63, 3.8) is 0 Å². The van der Waals surface area contributed by atoms with Crippen molar-refractivity contribution in [1.29, 1.82) is 0 Å². The number of amides is 1. The molecule has 0 atom stereocenters. The van der Waals surface area contributed by atoms with Crippen LogP contribution in [0.1, 0.15) is 45.4 Å². The molecule has 5 rings (SSSR count). The van der Waals surface area contributed by atoms with Gasteiger partial charge in [0.25, 0.3) is 0 Å². The van der Waals surface area contributed by atoms with Gasteiger partial charge >= 0.3 is 5.69 Å². The largest absolute Gasteiger partial charge is 0.368 e. The molecule has 34 heavy (non-hydrogen) atoms. The van der Waals surface area contributed by atoms with Crippen LogP contribution in [0, 0.1) is 5.92 Å². The first-order valence-corrected chi connectivity index (χ1v) is 12.7. The Morgan fingerprint density at radius 3 is 2.56 bits per heavy atom. The SMILES string of the molecule is CC(=O)N1CCCN(c2cc3c(cc2Nc2ccccc2)[nH]c(=O)n3CC2CCCCC2)CC1. The Morgan fingerprint density at radius 2 is 1.79 bits per heavy atom. The third-order valence-corrected chi connectivity index (χ3v) is 7.39. The van der Waals surface area contributed by atoms with Crippen molar-refractivity contribution in [2.24, 2.45) is 5.92 Å². The molecular weight excluding hydrogens is 426 g/mol. The summed E-state index contributed by atoms with van der Waals surface area (Å²) >= 11 is 0. The minimum absolute atomic E-state index is 0.0259. The predicted molar refractivity (Wildman–Crippen MR) is 138 cm³/mol. The zero-order chi connectivity index (χ0) is 23.5. The van der Waals surface area contributed by atoms with E-state index < -0.39 is 0 Å². The normalized spacial score (nSPS) is 17.7. The van der Waals surface area contributed by atoms with Crippen LogP contribution in [0.15, 0.2) is 47.3 Å². The van der Waals surface area contributed by atoms with Gasteiger partial charge in [0, 0.05) is 45.3 Å². The van der Waals surface area contributed by atoms with E-state index in [1.165, 1.54) is 32.1 Å². The fraction of sp³-hybridized carbons (Fsp3) is 0.481. The fourth-order valence-electron chi connectivity index (χ4n) is 5.51. The van der Waals surface area contributed by atoms with Crippen LogP contribution in [0.4, 0.5) is 17.1 Å². The maximum atomic E-state index is 13.0. The van der Waals surface area contributed by atoms with E-state index in [1.807, 2.05) is 39.8 Å². The number of nitrogens with one attached hydrogen (secondary N) is 2. The second-order valence-corrected chi connectivity index (χ2v) is 9.77. The number of aromatic nitrogens is 2. The van der Waals surface area contributed by atoms with Crippen molar-refractivity contribution in [3.8, 4) is 0 Å². The lowest BCUT2D eigenvalue weighted by Crippen LogP contribution is -2.33. The van der Waals surface area contributed by atoms with Crippen LogP contribution in [-0.2, 0) is 11.3 Å². The van der Waals surface area contributed by atoms with Gasteiger partial charge in [0.15, 0.2) is 0 Å². The Morgan fingerprint density at radius 1 is 1.00 bits per heavy atom. The van der Waals surface area contributed by atoms with Crippen molar-refractivity contribution < 1.29 is 4.79 Å². The average Bonchev–Trinajstić information content (AvgIpc) is 3.01.